The first kappa shape index (κ1) is 12.1. The average Bonchev–Trinajstić information content (AvgIpc) is 2.98. The molecule has 2 aromatic rings. The van der Waals surface area contributed by atoms with Crippen LogP contribution in [0, 0.1) is 5.41 Å². The average molecular weight is 272 g/mol. The summed E-state index contributed by atoms with van der Waals surface area (Å²) in [5, 5.41) is 1.18. The number of ether oxygens (including phenoxy) is 1. The van der Waals surface area contributed by atoms with E-state index in [4.69, 9.17) is 4.74 Å². The maximum absolute atomic E-state index is 5.70. The van der Waals surface area contributed by atoms with Crippen molar-refractivity contribution in [2.45, 2.75) is 32.3 Å². The van der Waals surface area contributed by atoms with E-state index in [1.54, 1.807) is 6.33 Å². The Bertz CT molecular complexity index is 646. The number of H-pyrrole nitrogens is 1. The van der Waals surface area contributed by atoms with E-state index < -0.39 is 0 Å². The number of aromatic amines is 1. The van der Waals surface area contributed by atoms with Crippen molar-refractivity contribution in [2.24, 2.45) is 5.41 Å². The van der Waals surface area contributed by atoms with Crippen LogP contribution >= 0.6 is 0 Å². The Hall–Kier alpha value is -1.62. The van der Waals surface area contributed by atoms with Crippen molar-refractivity contribution < 1.29 is 4.74 Å². The molecule has 1 unspecified atom stereocenters. The van der Waals surface area contributed by atoms with Crippen molar-refractivity contribution in [3.63, 3.8) is 0 Å². The number of aromatic nitrogens is 3. The van der Waals surface area contributed by atoms with Crippen molar-refractivity contribution in [3.05, 3.63) is 18.1 Å². The fourth-order valence-electron chi connectivity index (χ4n) is 3.59. The van der Waals surface area contributed by atoms with Crippen LogP contribution in [0.5, 0.6) is 0 Å². The molecule has 5 nitrogen and oxygen atoms in total. The molecular formula is C15H20N4O. The van der Waals surface area contributed by atoms with Gasteiger partial charge in [0.25, 0.3) is 0 Å². The minimum Gasteiger partial charge on any atom is -0.379 e. The van der Waals surface area contributed by atoms with Crippen LogP contribution in [-0.4, -0.2) is 41.3 Å². The third-order valence-electron chi connectivity index (χ3n) is 4.96. The fourth-order valence-corrected chi connectivity index (χ4v) is 3.59. The van der Waals surface area contributed by atoms with Crippen molar-refractivity contribution in [3.8, 4) is 0 Å². The normalized spacial score (nSPS) is 23.9. The quantitative estimate of drug-likeness (QED) is 0.930. The molecule has 5 heteroatoms. The number of aryl methyl sites for hydroxylation is 1. The number of fused-ring (bicyclic) bond motifs is 1. The van der Waals surface area contributed by atoms with Gasteiger partial charge in [-0.25, -0.2) is 9.97 Å². The summed E-state index contributed by atoms with van der Waals surface area (Å²) in [6.07, 6.45) is 7.62. The Balaban J connectivity index is 1.77. The second-order valence-corrected chi connectivity index (χ2v) is 6.06. The van der Waals surface area contributed by atoms with Crippen molar-refractivity contribution in [2.75, 3.05) is 25.1 Å². The van der Waals surface area contributed by atoms with E-state index in [1.165, 1.54) is 23.8 Å². The highest BCUT2D eigenvalue weighted by molar-refractivity contribution is 5.91. The number of hydrogen-bond donors (Lipinski definition) is 1. The van der Waals surface area contributed by atoms with Gasteiger partial charge in [0, 0.05) is 31.8 Å². The van der Waals surface area contributed by atoms with Crippen LogP contribution in [0.15, 0.2) is 12.5 Å². The van der Waals surface area contributed by atoms with Crippen LogP contribution in [0.3, 0.4) is 0 Å². The highest BCUT2D eigenvalue weighted by Crippen LogP contribution is 2.54. The van der Waals surface area contributed by atoms with Crippen LogP contribution in [0.2, 0.25) is 0 Å². The molecule has 0 amide bonds. The van der Waals surface area contributed by atoms with Gasteiger partial charge in [-0.1, -0.05) is 6.92 Å². The smallest absolute Gasteiger partial charge is 0.143 e. The molecule has 1 aliphatic heterocycles. The number of methoxy groups -OCH3 is 1. The Kier molecular flexibility index (Phi) is 2.54. The lowest BCUT2D eigenvalue weighted by molar-refractivity contribution is 0.0738. The highest BCUT2D eigenvalue weighted by Gasteiger charge is 2.56. The Morgan fingerprint density at radius 1 is 1.45 bits per heavy atom. The molecule has 1 aliphatic carbocycles. The Labute approximate surface area is 118 Å². The second kappa shape index (κ2) is 4.19. The second-order valence-electron chi connectivity index (χ2n) is 6.06. The van der Waals surface area contributed by atoms with Gasteiger partial charge >= 0.3 is 0 Å². The highest BCUT2D eigenvalue weighted by atomic mass is 16.5. The van der Waals surface area contributed by atoms with Gasteiger partial charge in [0.15, 0.2) is 0 Å². The third-order valence-corrected chi connectivity index (χ3v) is 4.96. The zero-order valence-electron chi connectivity index (χ0n) is 12.0. The van der Waals surface area contributed by atoms with Crippen LogP contribution < -0.4 is 4.90 Å². The van der Waals surface area contributed by atoms with Gasteiger partial charge in [-0.15, -0.1) is 0 Å². The molecular weight excluding hydrogens is 252 g/mol. The molecule has 0 radical (unpaired) electrons. The SMILES string of the molecule is CCc1c[nH]c2ncnc(N3CC(OC)C4(CC4)C3)c12. The van der Waals surface area contributed by atoms with Crippen LogP contribution in [0.4, 0.5) is 5.82 Å². The Morgan fingerprint density at radius 2 is 2.30 bits per heavy atom. The van der Waals surface area contributed by atoms with E-state index in [0.29, 0.717) is 11.5 Å². The number of nitrogens with zero attached hydrogens (tertiary/aromatic N) is 3. The molecule has 1 saturated carbocycles. The van der Waals surface area contributed by atoms with E-state index in [-0.39, 0.29) is 0 Å². The zero-order chi connectivity index (χ0) is 13.7. The first-order valence-corrected chi connectivity index (χ1v) is 7.36. The number of rotatable bonds is 3. The molecule has 106 valence electrons. The summed E-state index contributed by atoms with van der Waals surface area (Å²) < 4.78 is 5.70. The van der Waals surface area contributed by atoms with Crippen LogP contribution in [0.1, 0.15) is 25.3 Å². The van der Waals surface area contributed by atoms with E-state index in [2.05, 4.69) is 33.0 Å². The van der Waals surface area contributed by atoms with Crippen LogP contribution in [-0.2, 0) is 11.2 Å². The monoisotopic (exact) mass is 272 g/mol. The standard InChI is InChI=1S/C15H20N4O/c1-3-10-6-16-13-12(10)14(18-9-17-13)19-7-11(20-2)15(8-19)4-5-15/h6,9,11H,3-5,7-8H2,1-2H3,(H,16,17,18). The lowest BCUT2D eigenvalue weighted by Gasteiger charge is -2.18. The first-order chi connectivity index (χ1) is 9.77. The van der Waals surface area contributed by atoms with Gasteiger partial charge in [-0.05, 0) is 24.8 Å². The molecule has 3 heterocycles. The summed E-state index contributed by atoms with van der Waals surface area (Å²) in [5.41, 5.74) is 2.62. The summed E-state index contributed by atoms with van der Waals surface area (Å²) in [6.45, 7) is 4.17. The van der Waals surface area contributed by atoms with Gasteiger partial charge in [-0.2, -0.15) is 0 Å². The van der Waals surface area contributed by atoms with E-state index >= 15 is 0 Å². The van der Waals surface area contributed by atoms with E-state index in [0.717, 1.165) is 31.0 Å². The molecule has 1 atom stereocenters. The summed E-state index contributed by atoms with van der Waals surface area (Å²) >= 11 is 0. The van der Waals surface area contributed by atoms with Gasteiger partial charge in [0.1, 0.15) is 17.8 Å². The van der Waals surface area contributed by atoms with Gasteiger partial charge in [0.05, 0.1) is 11.5 Å². The molecule has 0 aromatic carbocycles. The predicted molar refractivity (Wildman–Crippen MR) is 77.9 cm³/mol. The molecule has 1 N–H and O–H groups in total. The molecule has 2 aliphatic rings. The molecule has 2 fully saturated rings. The molecule has 4 rings (SSSR count). The molecule has 0 bridgehead atoms. The van der Waals surface area contributed by atoms with Gasteiger partial charge in [0.2, 0.25) is 0 Å². The van der Waals surface area contributed by atoms with Crippen molar-refractivity contribution in [1.29, 1.82) is 0 Å². The van der Waals surface area contributed by atoms with Crippen LogP contribution in [0.25, 0.3) is 11.0 Å². The van der Waals surface area contributed by atoms with E-state index in [1.807, 2.05) is 7.11 Å². The predicted octanol–water partition coefficient (Wildman–Crippen LogP) is 2.14. The van der Waals surface area contributed by atoms with Crippen molar-refractivity contribution >= 4 is 16.9 Å². The largest absolute Gasteiger partial charge is 0.379 e. The summed E-state index contributed by atoms with van der Waals surface area (Å²) in [4.78, 5) is 14.6. The lowest BCUT2D eigenvalue weighted by atomic mass is 10.0. The minimum atomic E-state index is 0.344. The maximum atomic E-state index is 5.70. The molecule has 1 saturated heterocycles. The first-order valence-electron chi connectivity index (χ1n) is 7.36. The summed E-state index contributed by atoms with van der Waals surface area (Å²) in [7, 11) is 1.83. The molecule has 20 heavy (non-hydrogen) atoms. The topological polar surface area (TPSA) is 54.0 Å². The number of hydrogen-bond acceptors (Lipinski definition) is 4. The number of anilines is 1. The maximum Gasteiger partial charge on any atom is 0.143 e. The Morgan fingerprint density at radius 3 is 2.95 bits per heavy atom. The molecule has 1 spiro atoms. The minimum absolute atomic E-state index is 0.344. The number of nitrogens with one attached hydrogen (secondary N) is 1. The fraction of sp³-hybridized carbons (Fsp3) is 0.600. The van der Waals surface area contributed by atoms with Gasteiger partial charge in [-0.3, -0.25) is 0 Å². The van der Waals surface area contributed by atoms with E-state index in [9.17, 15) is 0 Å². The van der Waals surface area contributed by atoms with Crippen molar-refractivity contribution in [1.82, 2.24) is 15.0 Å². The summed E-state index contributed by atoms with van der Waals surface area (Å²) in [5.74, 6) is 1.07. The summed E-state index contributed by atoms with van der Waals surface area (Å²) in [6, 6.07) is 0. The van der Waals surface area contributed by atoms with Gasteiger partial charge < -0.3 is 14.6 Å². The third kappa shape index (κ3) is 1.59. The lowest BCUT2D eigenvalue weighted by Crippen LogP contribution is -2.23. The zero-order valence-corrected chi connectivity index (χ0v) is 12.0. The molecule has 2 aromatic heterocycles.